The Labute approximate surface area is 204 Å². The number of carbonyl (C=O) groups is 3. The smallest absolute Gasteiger partial charge is 0.308 e. The number of hydrogen-bond acceptors (Lipinski definition) is 5. The SMILES string of the molecule is CC(=O)Oc1cccc([C@@H]2C3=C(C[C@@H](c4ccccc4)CC3=O)Nc3ccccc3N2C(C)=O)c1. The van der Waals surface area contributed by atoms with Crippen molar-refractivity contribution < 1.29 is 19.1 Å². The normalized spacial score (nSPS) is 19.3. The van der Waals surface area contributed by atoms with Crippen LogP contribution in [0.3, 0.4) is 0 Å². The number of nitrogens with one attached hydrogen (secondary N) is 1. The first-order valence-electron chi connectivity index (χ1n) is 11.7. The van der Waals surface area contributed by atoms with Crippen molar-refractivity contribution in [2.75, 3.05) is 10.2 Å². The maximum absolute atomic E-state index is 13.8. The number of para-hydroxylation sites is 2. The van der Waals surface area contributed by atoms with E-state index in [1.165, 1.54) is 13.8 Å². The Balaban J connectivity index is 1.70. The molecule has 2 atom stereocenters. The monoisotopic (exact) mass is 466 g/mol. The van der Waals surface area contributed by atoms with Gasteiger partial charge in [-0.2, -0.15) is 0 Å². The van der Waals surface area contributed by atoms with Crippen molar-refractivity contribution in [3.63, 3.8) is 0 Å². The van der Waals surface area contributed by atoms with Gasteiger partial charge in [0.25, 0.3) is 0 Å². The molecule has 2 aliphatic rings. The fraction of sp³-hybridized carbons (Fsp3) is 0.207. The van der Waals surface area contributed by atoms with Gasteiger partial charge < -0.3 is 10.1 Å². The lowest BCUT2D eigenvalue weighted by atomic mass is 9.78. The summed E-state index contributed by atoms with van der Waals surface area (Å²) in [7, 11) is 0. The van der Waals surface area contributed by atoms with E-state index in [1.54, 1.807) is 23.1 Å². The summed E-state index contributed by atoms with van der Waals surface area (Å²) in [5.74, 6) is -0.211. The number of nitrogens with zero attached hydrogens (tertiary/aromatic N) is 1. The van der Waals surface area contributed by atoms with E-state index in [2.05, 4.69) is 17.4 Å². The molecule has 0 saturated heterocycles. The summed E-state index contributed by atoms with van der Waals surface area (Å²) >= 11 is 0. The topological polar surface area (TPSA) is 75.7 Å². The fourth-order valence-electron chi connectivity index (χ4n) is 5.13. The molecule has 3 aromatic carbocycles. The minimum Gasteiger partial charge on any atom is -0.427 e. The largest absolute Gasteiger partial charge is 0.427 e. The third-order valence-corrected chi connectivity index (χ3v) is 6.53. The van der Waals surface area contributed by atoms with Crippen molar-refractivity contribution >= 4 is 29.0 Å². The highest BCUT2D eigenvalue weighted by molar-refractivity contribution is 6.06. The van der Waals surface area contributed by atoms with Crippen molar-refractivity contribution in [1.29, 1.82) is 0 Å². The van der Waals surface area contributed by atoms with Crippen LogP contribution in [0.15, 0.2) is 90.1 Å². The van der Waals surface area contributed by atoms with Crippen molar-refractivity contribution in [2.45, 2.75) is 38.6 Å². The molecule has 0 spiro atoms. The molecular weight excluding hydrogens is 440 g/mol. The number of amides is 1. The van der Waals surface area contributed by atoms with E-state index >= 15 is 0 Å². The Morgan fingerprint density at radius 3 is 2.34 bits per heavy atom. The number of hydrogen-bond donors (Lipinski definition) is 1. The minimum atomic E-state index is -0.654. The number of ether oxygens (including phenoxy) is 1. The van der Waals surface area contributed by atoms with Gasteiger partial charge in [-0.1, -0.05) is 54.6 Å². The predicted octanol–water partition coefficient (Wildman–Crippen LogP) is 5.53. The van der Waals surface area contributed by atoms with Gasteiger partial charge in [0.2, 0.25) is 5.91 Å². The third-order valence-electron chi connectivity index (χ3n) is 6.53. The average Bonchev–Trinajstić information content (AvgIpc) is 2.99. The van der Waals surface area contributed by atoms with E-state index in [0.717, 1.165) is 16.9 Å². The fourth-order valence-corrected chi connectivity index (χ4v) is 5.13. The maximum atomic E-state index is 13.8. The number of rotatable bonds is 3. The van der Waals surface area contributed by atoms with Crippen molar-refractivity contribution in [2.24, 2.45) is 0 Å². The lowest BCUT2D eigenvalue weighted by molar-refractivity contribution is -0.132. The molecule has 1 aliphatic carbocycles. The summed E-state index contributed by atoms with van der Waals surface area (Å²) in [6.45, 7) is 2.85. The first kappa shape index (κ1) is 22.6. The van der Waals surface area contributed by atoms with Crippen LogP contribution < -0.4 is 15.0 Å². The third kappa shape index (κ3) is 4.35. The molecule has 6 heteroatoms. The highest BCUT2D eigenvalue weighted by Crippen LogP contribution is 2.47. The number of Topliss-reactive ketones (excluding diaryl/α,β-unsaturated/α-hetero) is 1. The Morgan fingerprint density at radius 2 is 1.60 bits per heavy atom. The van der Waals surface area contributed by atoms with Crippen LogP contribution >= 0.6 is 0 Å². The molecule has 0 bridgehead atoms. The maximum Gasteiger partial charge on any atom is 0.308 e. The van der Waals surface area contributed by atoms with Crippen LogP contribution in [-0.4, -0.2) is 17.7 Å². The molecule has 1 heterocycles. The number of ketones is 1. The first-order valence-corrected chi connectivity index (χ1v) is 11.7. The zero-order valence-electron chi connectivity index (χ0n) is 19.7. The summed E-state index contributed by atoms with van der Waals surface area (Å²) in [4.78, 5) is 40.2. The molecule has 1 amide bonds. The van der Waals surface area contributed by atoms with Gasteiger partial charge in [-0.3, -0.25) is 19.3 Å². The van der Waals surface area contributed by atoms with Crippen molar-refractivity contribution in [3.05, 3.63) is 101 Å². The Kier molecular flexibility index (Phi) is 5.95. The zero-order chi connectivity index (χ0) is 24.5. The number of allylic oxidation sites excluding steroid dienone is 1. The molecule has 6 nitrogen and oxygen atoms in total. The highest BCUT2D eigenvalue weighted by atomic mass is 16.5. The van der Waals surface area contributed by atoms with Gasteiger partial charge in [0.15, 0.2) is 5.78 Å². The predicted molar refractivity (Wildman–Crippen MR) is 134 cm³/mol. The summed E-state index contributed by atoms with van der Waals surface area (Å²) in [5, 5.41) is 3.50. The second-order valence-corrected chi connectivity index (χ2v) is 8.93. The van der Waals surface area contributed by atoms with Gasteiger partial charge in [-0.05, 0) is 47.7 Å². The Bertz CT molecular complexity index is 1350. The number of anilines is 2. The lowest BCUT2D eigenvalue weighted by Crippen LogP contribution is -2.37. The van der Waals surface area contributed by atoms with Crippen LogP contribution in [0.5, 0.6) is 5.75 Å². The van der Waals surface area contributed by atoms with Gasteiger partial charge in [0.05, 0.1) is 17.4 Å². The van der Waals surface area contributed by atoms with Crippen LogP contribution in [0.1, 0.15) is 49.8 Å². The minimum absolute atomic E-state index is 0.00505. The zero-order valence-corrected chi connectivity index (χ0v) is 19.7. The van der Waals surface area contributed by atoms with E-state index in [-0.39, 0.29) is 17.6 Å². The number of benzene rings is 3. The van der Waals surface area contributed by atoms with E-state index in [4.69, 9.17) is 4.74 Å². The van der Waals surface area contributed by atoms with Crippen LogP contribution in [0.4, 0.5) is 11.4 Å². The van der Waals surface area contributed by atoms with Crippen molar-refractivity contribution in [1.82, 2.24) is 0 Å². The molecule has 1 N–H and O–H groups in total. The molecule has 3 aromatic rings. The van der Waals surface area contributed by atoms with Gasteiger partial charge in [-0.15, -0.1) is 0 Å². The number of carbonyl (C=O) groups excluding carboxylic acids is 3. The van der Waals surface area contributed by atoms with E-state index in [1.807, 2.05) is 48.5 Å². The standard InChI is InChI=1S/C29H26N2O4/c1-18(32)31-26-14-7-6-13-24(26)30-25-16-22(20-9-4-3-5-10-20)17-27(34)28(25)29(31)21-11-8-12-23(15-21)35-19(2)33/h3-15,22,29-30H,16-17H2,1-2H3/t22-,29-/m1/s1. The summed E-state index contributed by atoms with van der Waals surface area (Å²) in [6.07, 6.45) is 0.998. The second kappa shape index (κ2) is 9.22. The average molecular weight is 467 g/mol. The molecule has 0 unspecified atom stereocenters. The molecule has 1 aliphatic heterocycles. The summed E-state index contributed by atoms with van der Waals surface area (Å²) in [5.41, 5.74) is 4.68. The summed E-state index contributed by atoms with van der Waals surface area (Å²) < 4.78 is 5.32. The van der Waals surface area contributed by atoms with Crippen LogP contribution in [0.25, 0.3) is 0 Å². The van der Waals surface area contributed by atoms with E-state index in [0.29, 0.717) is 35.4 Å². The van der Waals surface area contributed by atoms with Crippen molar-refractivity contribution in [3.8, 4) is 5.75 Å². The number of fused-ring (bicyclic) bond motifs is 1. The highest BCUT2D eigenvalue weighted by Gasteiger charge is 2.40. The van der Waals surface area contributed by atoms with Gasteiger partial charge in [0.1, 0.15) is 5.75 Å². The Morgan fingerprint density at radius 1 is 0.886 bits per heavy atom. The second-order valence-electron chi connectivity index (χ2n) is 8.93. The first-order chi connectivity index (χ1) is 16.9. The molecule has 176 valence electrons. The van der Waals surface area contributed by atoms with Gasteiger partial charge in [-0.25, -0.2) is 0 Å². The molecule has 0 saturated carbocycles. The Hall–Kier alpha value is -4.19. The van der Waals surface area contributed by atoms with Gasteiger partial charge in [0, 0.05) is 31.5 Å². The molecule has 0 radical (unpaired) electrons. The van der Waals surface area contributed by atoms with E-state index in [9.17, 15) is 14.4 Å². The lowest BCUT2D eigenvalue weighted by Gasteiger charge is -2.34. The van der Waals surface area contributed by atoms with E-state index < -0.39 is 12.0 Å². The van der Waals surface area contributed by atoms with Crippen LogP contribution in [-0.2, 0) is 14.4 Å². The quantitative estimate of drug-likeness (QED) is 0.406. The molecule has 35 heavy (non-hydrogen) atoms. The molecular formula is C29H26N2O4. The van der Waals surface area contributed by atoms with Gasteiger partial charge >= 0.3 is 5.97 Å². The van der Waals surface area contributed by atoms with Crippen LogP contribution in [0, 0.1) is 0 Å². The molecule has 5 rings (SSSR count). The number of esters is 1. The van der Waals surface area contributed by atoms with Crippen LogP contribution in [0.2, 0.25) is 0 Å². The molecule has 0 fully saturated rings. The summed E-state index contributed by atoms with van der Waals surface area (Å²) in [6, 6.07) is 24.0. The molecule has 0 aromatic heterocycles.